The number of thiocarbonyl (C=S) groups is 1. The molecule has 0 bridgehead atoms. The molecule has 2 amide bonds. The van der Waals surface area contributed by atoms with Gasteiger partial charge in [0.05, 0.1) is 11.4 Å². The van der Waals surface area contributed by atoms with Gasteiger partial charge in [-0.15, -0.1) is 0 Å². The quantitative estimate of drug-likeness (QED) is 0.309. The van der Waals surface area contributed by atoms with Crippen LogP contribution in [-0.4, -0.2) is 21.5 Å². The van der Waals surface area contributed by atoms with E-state index in [-0.39, 0.29) is 10.7 Å². The first kappa shape index (κ1) is 23.0. The number of anilines is 1. The maximum absolute atomic E-state index is 13.3. The average Bonchev–Trinajstić information content (AvgIpc) is 3.03. The molecule has 168 valence electrons. The fourth-order valence-electron chi connectivity index (χ4n) is 4.27. The highest BCUT2D eigenvalue weighted by Crippen LogP contribution is 2.29. The molecule has 1 saturated heterocycles. The number of rotatable bonds is 4. The van der Waals surface area contributed by atoms with E-state index in [1.54, 1.807) is 30.3 Å². The van der Waals surface area contributed by atoms with E-state index < -0.39 is 11.8 Å². The highest BCUT2D eigenvalue weighted by Gasteiger charge is 2.34. The van der Waals surface area contributed by atoms with E-state index in [9.17, 15) is 9.59 Å². The number of carbonyl (C=O) groups excluding carboxylic acids is 2. The smallest absolute Gasteiger partial charge is 0.270 e. The van der Waals surface area contributed by atoms with Crippen LogP contribution in [0.15, 0.2) is 54.1 Å². The number of nitrogens with one attached hydrogen (secondary N) is 1. The van der Waals surface area contributed by atoms with Crippen molar-refractivity contribution in [1.29, 1.82) is 0 Å². The number of nitrogens with zero attached hydrogens (tertiary/aromatic N) is 2. The number of carbonyl (C=O) groups is 2. The van der Waals surface area contributed by atoms with Crippen LogP contribution < -0.4 is 10.2 Å². The lowest BCUT2D eigenvalue weighted by molar-refractivity contribution is -0.122. The largest absolute Gasteiger partial charge is 0.317 e. The normalized spacial score (nSPS) is 15.4. The number of amides is 2. The fraction of sp³-hybridized carbons (Fsp3) is 0.192. The zero-order valence-corrected chi connectivity index (χ0v) is 20.5. The molecule has 1 N–H and O–H groups in total. The van der Waals surface area contributed by atoms with E-state index >= 15 is 0 Å². The summed E-state index contributed by atoms with van der Waals surface area (Å²) < 4.78 is 2.19. The van der Waals surface area contributed by atoms with E-state index in [0.717, 1.165) is 29.1 Å². The molecule has 1 aliphatic rings. The van der Waals surface area contributed by atoms with Crippen molar-refractivity contribution in [2.75, 3.05) is 4.90 Å². The Hall–Kier alpha value is -3.22. The predicted molar refractivity (Wildman–Crippen MR) is 137 cm³/mol. The number of hydrogen-bond acceptors (Lipinski definition) is 3. The van der Waals surface area contributed by atoms with Gasteiger partial charge < -0.3 is 4.57 Å². The van der Waals surface area contributed by atoms with Crippen LogP contribution in [0.25, 0.3) is 11.8 Å². The minimum absolute atomic E-state index is 0.0179. The van der Waals surface area contributed by atoms with Crippen molar-refractivity contribution in [3.63, 3.8) is 0 Å². The van der Waals surface area contributed by atoms with Crippen molar-refractivity contribution in [3.05, 3.63) is 87.2 Å². The van der Waals surface area contributed by atoms with Crippen molar-refractivity contribution in [2.24, 2.45) is 0 Å². The maximum Gasteiger partial charge on any atom is 0.270 e. The number of benzene rings is 2. The summed E-state index contributed by atoms with van der Waals surface area (Å²) in [7, 11) is 0. The van der Waals surface area contributed by atoms with Crippen LogP contribution in [0.3, 0.4) is 0 Å². The first-order valence-corrected chi connectivity index (χ1v) is 11.5. The van der Waals surface area contributed by atoms with Crippen LogP contribution in [0, 0.1) is 20.8 Å². The molecule has 0 radical (unpaired) electrons. The Bertz CT molecular complexity index is 1340. The van der Waals surface area contributed by atoms with E-state index in [1.165, 1.54) is 16.0 Å². The van der Waals surface area contributed by atoms with Gasteiger partial charge >= 0.3 is 0 Å². The molecule has 1 aromatic heterocycles. The molecule has 0 saturated carbocycles. The summed E-state index contributed by atoms with van der Waals surface area (Å²) in [4.78, 5) is 27.4. The van der Waals surface area contributed by atoms with Gasteiger partial charge in [-0.25, -0.2) is 0 Å². The lowest BCUT2D eigenvalue weighted by atomic mass is 10.0. The summed E-state index contributed by atoms with van der Waals surface area (Å²) in [5.74, 6) is -1.00. The summed E-state index contributed by atoms with van der Waals surface area (Å²) in [6, 6.07) is 15.1. The van der Waals surface area contributed by atoms with Gasteiger partial charge in [0.2, 0.25) is 0 Å². The number of hydrogen-bond donors (Lipinski definition) is 1. The highest BCUT2D eigenvalue weighted by atomic mass is 35.5. The summed E-state index contributed by atoms with van der Waals surface area (Å²) in [6.45, 7) is 8.24. The molecular weight excluding hydrogens is 454 g/mol. The summed E-state index contributed by atoms with van der Waals surface area (Å²) in [6.07, 6.45) is 2.54. The third kappa shape index (κ3) is 4.12. The summed E-state index contributed by atoms with van der Waals surface area (Å²) in [5, 5.41) is 3.13. The Kier molecular flexibility index (Phi) is 6.23. The minimum Gasteiger partial charge on any atom is -0.317 e. The molecule has 5 nitrogen and oxygen atoms in total. The number of para-hydroxylation sites is 1. The Morgan fingerprint density at radius 3 is 2.48 bits per heavy atom. The third-order valence-corrected chi connectivity index (χ3v) is 6.38. The van der Waals surface area contributed by atoms with Gasteiger partial charge in [-0.05, 0) is 86.4 Å². The van der Waals surface area contributed by atoms with Gasteiger partial charge in [-0.1, -0.05) is 42.8 Å². The standard InChI is InChI=1S/C26H24ClN3O2S/c1-5-18-9-6-8-15(2)23(18)29-16(3)12-19(17(29)4)13-22-24(31)28-26(33)30(25(22)32)21-11-7-10-20(27)14-21/h6-14H,5H2,1-4H3,(H,28,31,33)/b22-13+. The van der Waals surface area contributed by atoms with Crippen molar-refractivity contribution in [1.82, 2.24) is 9.88 Å². The van der Waals surface area contributed by atoms with Crippen molar-refractivity contribution < 1.29 is 9.59 Å². The third-order valence-electron chi connectivity index (χ3n) is 5.86. The molecule has 2 aromatic carbocycles. The zero-order chi connectivity index (χ0) is 23.9. The van der Waals surface area contributed by atoms with Crippen molar-refractivity contribution in [2.45, 2.75) is 34.1 Å². The topological polar surface area (TPSA) is 54.3 Å². The van der Waals surface area contributed by atoms with Crippen LogP contribution in [0.2, 0.25) is 5.02 Å². The molecule has 3 aromatic rings. The van der Waals surface area contributed by atoms with Gasteiger partial charge in [0.15, 0.2) is 5.11 Å². The monoisotopic (exact) mass is 477 g/mol. The average molecular weight is 478 g/mol. The highest BCUT2D eigenvalue weighted by molar-refractivity contribution is 7.80. The van der Waals surface area contributed by atoms with Gasteiger partial charge in [0.1, 0.15) is 5.57 Å². The van der Waals surface area contributed by atoms with Crippen LogP contribution in [0.4, 0.5) is 5.69 Å². The first-order valence-electron chi connectivity index (χ1n) is 10.7. The van der Waals surface area contributed by atoms with Gasteiger partial charge in [0.25, 0.3) is 11.8 Å². The van der Waals surface area contributed by atoms with Crippen LogP contribution >= 0.6 is 23.8 Å². The van der Waals surface area contributed by atoms with Gasteiger partial charge in [-0.2, -0.15) is 0 Å². The van der Waals surface area contributed by atoms with Crippen LogP contribution in [0.5, 0.6) is 0 Å². The second kappa shape index (κ2) is 8.96. The molecule has 1 fully saturated rings. The van der Waals surface area contributed by atoms with E-state index in [1.807, 2.05) is 19.9 Å². The van der Waals surface area contributed by atoms with Gasteiger partial charge in [0, 0.05) is 16.4 Å². The Morgan fingerprint density at radius 2 is 1.79 bits per heavy atom. The molecule has 1 aliphatic heterocycles. The SMILES string of the molecule is CCc1cccc(C)c1-n1c(C)cc(/C=C2\C(=O)NC(=S)N(c3cccc(Cl)c3)C2=O)c1C. The molecule has 0 spiro atoms. The Labute approximate surface area is 203 Å². The van der Waals surface area contributed by atoms with Crippen LogP contribution in [0.1, 0.15) is 35.0 Å². The molecule has 4 rings (SSSR count). The molecular formula is C26H24ClN3O2S. The van der Waals surface area contributed by atoms with Crippen LogP contribution in [-0.2, 0) is 16.0 Å². The first-order chi connectivity index (χ1) is 15.7. The summed E-state index contributed by atoms with van der Waals surface area (Å²) >= 11 is 11.4. The fourth-order valence-corrected chi connectivity index (χ4v) is 4.73. The number of aryl methyl sites for hydroxylation is 3. The number of halogens is 1. The van der Waals surface area contributed by atoms with Crippen molar-refractivity contribution >= 4 is 52.5 Å². The Morgan fingerprint density at radius 1 is 1.06 bits per heavy atom. The minimum atomic E-state index is -0.516. The summed E-state index contributed by atoms with van der Waals surface area (Å²) in [5.41, 5.74) is 6.84. The molecule has 2 heterocycles. The lowest BCUT2D eigenvalue weighted by Crippen LogP contribution is -2.54. The molecule has 7 heteroatoms. The molecule has 0 aliphatic carbocycles. The molecule has 0 unspecified atom stereocenters. The van der Waals surface area contributed by atoms with Gasteiger partial charge in [-0.3, -0.25) is 19.8 Å². The van der Waals surface area contributed by atoms with E-state index in [0.29, 0.717) is 10.7 Å². The zero-order valence-electron chi connectivity index (χ0n) is 18.9. The second-order valence-corrected chi connectivity index (χ2v) is 8.86. The second-order valence-electron chi connectivity index (χ2n) is 8.04. The lowest BCUT2D eigenvalue weighted by Gasteiger charge is -2.29. The van der Waals surface area contributed by atoms with Crippen molar-refractivity contribution in [3.8, 4) is 5.69 Å². The Balaban J connectivity index is 1.81. The van der Waals surface area contributed by atoms with E-state index in [4.69, 9.17) is 23.8 Å². The maximum atomic E-state index is 13.3. The molecule has 33 heavy (non-hydrogen) atoms. The predicted octanol–water partition coefficient (Wildman–Crippen LogP) is 5.45. The van der Waals surface area contributed by atoms with E-state index in [2.05, 4.69) is 41.9 Å². The number of aromatic nitrogens is 1. The molecule has 0 atom stereocenters.